The Hall–Kier alpha value is -3.83. The monoisotopic (exact) mass is 375 g/mol. The molecule has 0 unspecified atom stereocenters. The molecule has 0 spiro atoms. The number of carbonyl (C=O) groups is 1. The van der Waals surface area contributed by atoms with Crippen molar-refractivity contribution in [2.45, 2.75) is 6.42 Å². The number of amides is 1. The highest BCUT2D eigenvalue weighted by atomic mass is 16.2. The molecule has 0 radical (unpaired) electrons. The summed E-state index contributed by atoms with van der Waals surface area (Å²) in [5.41, 5.74) is 3.64. The highest BCUT2D eigenvalue weighted by Gasteiger charge is 2.14. The summed E-state index contributed by atoms with van der Waals surface area (Å²) < 4.78 is 0. The summed E-state index contributed by atoms with van der Waals surface area (Å²) in [5, 5.41) is 2.30. The van der Waals surface area contributed by atoms with Crippen LogP contribution in [0.5, 0.6) is 0 Å². The summed E-state index contributed by atoms with van der Waals surface area (Å²) in [6.07, 6.45) is 0.364. The van der Waals surface area contributed by atoms with Gasteiger partial charge in [-0.1, -0.05) is 90.7 Å². The van der Waals surface area contributed by atoms with Crippen LogP contribution < -0.4 is 4.90 Å². The van der Waals surface area contributed by atoms with Crippen LogP contribution >= 0.6 is 0 Å². The number of hydrogen-bond donors (Lipinski definition) is 0. The van der Waals surface area contributed by atoms with E-state index in [1.54, 1.807) is 4.90 Å². The standard InChI is InChI=1S/C27H21NO/c1-28(27(29)20-21-10-3-2-4-11-21)26-17-8-6-13-24(26)19-18-23-15-9-14-22-12-5-7-16-25(22)23/h2-17H,20H2,1H3. The van der Waals surface area contributed by atoms with Crippen molar-refractivity contribution in [1.82, 2.24) is 0 Å². The topological polar surface area (TPSA) is 20.3 Å². The molecule has 0 N–H and O–H groups in total. The second-order valence-corrected chi connectivity index (χ2v) is 6.91. The van der Waals surface area contributed by atoms with E-state index in [0.717, 1.165) is 27.8 Å². The molecular formula is C27H21NO. The van der Waals surface area contributed by atoms with Gasteiger partial charge >= 0.3 is 0 Å². The van der Waals surface area contributed by atoms with Crippen molar-refractivity contribution in [3.63, 3.8) is 0 Å². The van der Waals surface area contributed by atoms with Gasteiger partial charge in [0.1, 0.15) is 0 Å². The zero-order chi connectivity index (χ0) is 20.1. The minimum absolute atomic E-state index is 0.0376. The van der Waals surface area contributed by atoms with Crippen molar-refractivity contribution in [2.75, 3.05) is 11.9 Å². The number of anilines is 1. The third-order valence-corrected chi connectivity index (χ3v) is 4.96. The predicted octanol–water partition coefficient (Wildman–Crippen LogP) is 5.45. The molecule has 0 bridgehead atoms. The molecule has 2 heteroatoms. The quantitative estimate of drug-likeness (QED) is 0.436. The summed E-state index contributed by atoms with van der Waals surface area (Å²) in [7, 11) is 1.81. The number of likely N-dealkylation sites (N-methyl/N-ethyl adjacent to an activating group) is 1. The molecule has 0 heterocycles. The van der Waals surface area contributed by atoms with Crippen LogP contribution in [0.1, 0.15) is 16.7 Å². The van der Waals surface area contributed by atoms with Gasteiger partial charge in [0.2, 0.25) is 5.91 Å². The van der Waals surface area contributed by atoms with Crippen LogP contribution in [0.2, 0.25) is 0 Å². The lowest BCUT2D eigenvalue weighted by Crippen LogP contribution is -2.28. The fourth-order valence-electron chi connectivity index (χ4n) is 3.36. The Balaban J connectivity index is 1.64. The fourth-order valence-corrected chi connectivity index (χ4v) is 3.36. The van der Waals surface area contributed by atoms with Gasteiger partial charge < -0.3 is 4.90 Å². The first kappa shape index (κ1) is 18.5. The maximum Gasteiger partial charge on any atom is 0.231 e. The van der Waals surface area contributed by atoms with Crippen LogP contribution in [0.3, 0.4) is 0 Å². The SMILES string of the molecule is CN(C(=O)Cc1ccccc1)c1ccccc1C#Cc1cccc2ccccc12. The largest absolute Gasteiger partial charge is 0.314 e. The van der Waals surface area contributed by atoms with Gasteiger partial charge in [-0.15, -0.1) is 0 Å². The maximum absolute atomic E-state index is 12.8. The predicted molar refractivity (Wildman–Crippen MR) is 120 cm³/mol. The van der Waals surface area contributed by atoms with Crippen LogP contribution in [0.4, 0.5) is 5.69 Å². The first-order chi connectivity index (χ1) is 14.2. The fraction of sp³-hybridized carbons (Fsp3) is 0.0741. The lowest BCUT2D eigenvalue weighted by Gasteiger charge is -2.19. The number of para-hydroxylation sites is 1. The number of nitrogens with zero attached hydrogens (tertiary/aromatic N) is 1. The molecule has 0 aliphatic rings. The Morgan fingerprint density at radius 1 is 0.724 bits per heavy atom. The van der Waals surface area contributed by atoms with Gasteiger partial charge in [0.05, 0.1) is 12.1 Å². The molecule has 2 nitrogen and oxygen atoms in total. The Bertz CT molecular complexity index is 1210. The van der Waals surface area contributed by atoms with E-state index in [4.69, 9.17) is 0 Å². The van der Waals surface area contributed by atoms with E-state index < -0.39 is 0 Å². The molecule has 0 fully saturated rings. The Labute approximate surface area is 171 Å². The average Bonchev–Trinajstić information content (AvgIpc) is 2.78. The van der Waals surface area contributed by atoms with E-state index in [1.807, 2.05) is 85.9 Å². The first-order valence-corrected chi connectivity index (χ1v) is 9.62. The molecule has 4 rings (SSSR count). The Kier molecular flexibility index (Phi) is 5.40. The Morgan fingerprint density at radius 3 is 2.21 bits per heavy atom. The number of rotatable bonds is 3. The van der Waals surface area contributed by atoms with Crippen molar-refractivity contribution in [2.24, 2.45) is 0 Å². The molecule has 4 aromatic carbocycles. The van der Waals surface area contributed by atoms with E-state index in [9.17, 15) is 4.79 Å². The van der Waals surface area contributed by atoms with Gasteiger partial charge in [-0.25, -0.2) is 0 Å². The van der Waals surface area contributed by atoms with Crippen LogP contribution in [0.15, 0.2) is 97.1 Å². The van der Waals surface area contributed by atoms with Crippen molar-refractivity contribution in [1.29, 1.82) is 0 Å². The lowest BCUT2D eigenvalue weighted by molar-refractivity contribution is -0.117. The molecule has 0 atom stereocenters. The molecule has 29 heavy (non-hydrogen) atoms. The highest BCUT2D eigenvalue weighted by molar-refractivity contribution is 5.95. The van der Waals surface area contributed by atoms with Crippen LogP contribution in [0.25, 0.3) is 10.8 Å². The summed E-state index contributed by atoms with van der Waals surface area (Å²) in [5.74, 6) is 6.61. The van der Waals surface area contributed by atoms with Gasteiger partial charge in [0, 0.05) is 18.2 Å². The smallest absolute Gasteiger partial charge is 0.231 e. The third kappa shape index (κ3) is 4.20. The van der Waals surface area contributed by atoms with Gasteiger partial charge in [-0.3, -0.25) is 4.79 Å². The van der Waals surface area contributed by atoms with Crippen molar-refractivity contribution in [3.05, 3.63) is 114 Å². The highest BCUT2D eigenvalue weighted by Crippen LogP contribution is 2.21. The maximum atomic E-state index is 12.8. The normalized spacial score (nSPS) is 10.2. The third-order valence-electron chi connectivity index (χ3n) is 4.96. The van der Waals surface area contributed by atoms with Crippen LogP contribution in [0, 0.1) is 11.8 Å². The second kappa shape index (κ2) is 8.46. The second-order valence-electron chi connectivity index (χ2n) is 6.91. The van der Waals surface area contributed by atoms with E-state index in [1.165, 1.54) is 5.39 Å². The minimum Gasteiger partial charge on any atom is -0.314 e. The molecule has 0 aliphatic heterocycles. The molecule has 140 valence electrons. The molecule has 4 aromatic rings. The average molecular weight is 375 g/mol. The van der Waals surface area contributed by atoms with Crippen LogP contribution in [-0.4, -0.2) is 13.0 Å². The van der Waals surface area contributed by atoms with Gasteiger partial charge in [-0.2, -0.15) is 0 Å². The van der Waals surface area contributed by atoms with Crippen molar-refractivity contribution in [3.8, 4) is 11.8 Å². The van der Waals surface area contributed by atoms with Gasteiger partial charge in [0.15, 0.2) is 0 Å². The molecule has 0 aliphatic carbocycles. The lowest BCUT2D eigenvalue weighted by atomic mass is 10.0. The van der Waals surface area contributed by atoms with Gasteiger partial charge in [0.25, 0.3) is 0 Å². The number of fused-ring (bicyclic) bond motifs is 1. The zero-order valence-electron chi connectivity index (χ0n) is 16.3. The van der Waals surface area contributed by atoms with E-state index in [-0.39, 0.29) is 5.91 Å². The zero-order valence-corrected chi connectivity index (χ0v) is 16.3. The molecule has 0 saturated carbocycles. The molecular weight excluding hydrogens is 354 g/mol. The molecule has 1 amide bonds. The van der Waals surface area contributed by atoms with Crippen LogP contribution in [-0.2, 0) is 11.2 Å². The summed E-state index contributed by atoms with van der Waals surface area (Å²) in [6.45, 7) is 0. The summed E-state index contributed by atoms with van der Waals surface area (Å²) in [6, 6.07) is 31.9. The van der Waals surface area contributed by atoms with E-state index in [2.05, 4.69) is 30.0 Å². The number of hydrogen-bond acceptors (Lipinski definition) is 1. The Morgan fingerprint density at radius 2 is 1.34 bits per heavy atom. The van der Waals surface area contributed by atoms with Crippen molar-refractivity contribution >= 4 is 22.4 Å². The van der Waals surface area contributed by atoms with E-state index in [0.29, 0.717) is 6.42 Å². The number of benzene rings is 4. The minimum atomic E-state index is 0.0376. The first-order valence-electron chi connectivity index (χ1n) is 9.62. The molecule has 0 saturated heterocycles. The van der Waals surface area contributed by atoms with Gasteiger partial charge in [-0.05, 0) is 34.5 Å². The summed E-state index contributed by atoms with van der Waals surface area (Å²) >= 11 is 0. The summed E-state index contributed by atoms with van der Waals surface area (Å²) in [4.78, 5) is 14.5. The van der Waals surface area contributed by atoms with Crippen molar-refractivity contribution < 1.29 is 4.79 Å². The van der Waals surface area contributed by atoms with E-state index >= 15 is 0 Å². The molecule has 0 aromatic heterocycles. The number of carbonyl (C=O) groups excluding carboxylic acids is 1.